The van der Waals surface area contributed by atoms with Gasteiger partial charge in [-0.05, 0) is 26.2 Å². The van der Waals surface area contributed by atoms with Crippen LogP contribution < -0.4 is 11.1 Å². The van der Waals surface area contributed by atoms with Crippen molar-refractivity contribution in [1.82, 2.24) is 20.0 Å². The second kappa shape index (κ2) is 8.26. The summed E-state index contributed by atoms with van der Waals surface area (Å²) in [5, 5.41) is 2.11. The molecule has 2 aliphatic rings. The zero-order valence-electron chi connectivity index (χ0n) is 13.8. The van der Waals surface area contributed by atoms with Gasteiger partial charge < -0.3 is 10.6 Å². The molecule has 0 saturated carbocycles. The predicted octanol–water partition coefficient (Wildman–Crippen LogP) is -0.800. The Morgan fingerprint density at radius 1 is 1.00 bits per heavy atom. The Morgan fingerprint density at radius 2 is 1.61 bits per heavy atom. The van der Waals surface area contributed by atoms with Gasteiger partial charge in [0, 0.05) is 39.3 Å². The molecule has 0 spiro atoms. The Kier molecular flexibility index (Phi) is 6.35. The van der Waals surface area contributed by atoms with Crippen LogP contribution in [0.1, 0.15) is 26.2 Å². The SMILES string of the molecule is C[C@@H](C(=O)NC(N)=O)N1CCN(CC(=O)N2CCCCC2)CC1. The maximum atomic E-state index is 12.3. The van der Waals surface area contributed by atoms with Crippen LogP contribution in [0.3, 0.4) is 0 Å². The second-order valence-electron chi connectivity index (χ2n) is 6.28. The van der Waals surface area contributed by atoms with Crippen LogP contribution in [-0.2, 0) is 9.59 Å². The predicted molar refractivity (Wildman–Crippen MR) is 85.6 cm³/mol. The van der Waals surface area contributed by atoms with E-state index in [1.54, 1.807) is 6.92 Å². The summed E-state index contributed by atoms with van der Waals surface area (Å²) < 4.78 is 0. The lowest BCUT2D eigenvalue weighted by atomic mass is 10.1. The summed E-state index contributed by atoms with van der Waals surface area (Å²) in [4.78, 5) is 40.9. The largest absolute Gasteiger partial charge is 0.351 e. The summed E-state index contributed by atoms with van der Waals surface area (Å²) in [7, 11) is 0. The molecule has 8 nitrogen and oxygen atoms in total. The number of hydrogen-bond donors (Lipinski definition) is 2. The van der Waals surface area contributed by atoms with Crippen molar-refractivity contribution in [2.75, 3.05) is 45.8 Å². The molecule has 2 aliphatic heterocycles. The number of piperazine rings is 1. The number of likely N-dealkylation sites (tertiary alicyclic amines) is 1. The van der Waals surface area contributed by atoms with Gasteiger partial charge in [0.2, 0.25) is 11.8 Å². The number of nitrogens with zero attached hydrogens (tertiary/aromatic N) is 3. The van der Waals surface area contributed by atoms with E-state index in [1.807, 2.05) is 9.80 Å². The number of piperidine rings is 1. The molecule has 0 aromatic carbocycles. The number of carbonyl (C=O) groups is 3. The van der Waals surface area contributed by atoms with Gasteiger partial charge in [0.25, 0.3) is 0 Å². The molecule has 2 saturated heterocycles. The molecule has 0 aromatic rings. The summed E-state index contributed by atoms with van der Waals surface area (Å²) >= 11 is 0. The van der Waals surface area contributed by atoms with Gasteiger partial charge >= 0.3 is 6.03 Å². The molecular weight excluding hydrogens is 298 g/mol. The molecule has 23 heavy (non-hydrogen) atoms. The first-order chi connectivity index (χ1) is 11.0. The molecule has 4 amide bonds. The third kappa shape index (κ3) is 5.18. The van der Waals surface area contributed by atoms with Crippen molar-refractivity contribution in [3.63, 3.8) is 0 Å². The Morgan fingerprint density at radius 3 is 2.17 bits per heavy atom. The van der Waals surface area contributed by atoms with Crippen LogP contribution in [0.2, 0.25) is 0 Å². The quantitative estimate of drug-likeness (QED) is 0.705. The summed E-state index contributed by atoms with van der Waals surface area (Å²) in [5.41, 5.74) is 4.97. The zero-order chi connectivity index (χ0) is 16.8. The summed E-state index contributed by atoms with van der Waals surface area (Å²) in [6.45, 7) is 6.84. The van der Waals surface area contributed by atoms with Crippen LogP contribution in [0.5, 0.6) is 0 Å². The van der Waals surface area contributed by atoms with Gasteiger partial charge in [0.05, 0.1) is 12.6 Å². The van der Waals surface area contributed by atoms with Gasteiger partial charge in [-0.15, -0.1) is 0 Å². The maximum absolute atomic E-state index is 12.3. The fraction of sp³-hybridized carbons (Fsp3) is 0.800. The second-order valence-corrected chi connectivity index (χ2v) is 6.28. The van der Waals surface area contributed by atoms with Crippen LogP contribution in [0.15, 0.2) is 0 Å². The van der Waals surface area contributed by atoms with Gasteiger partial charge in [-0.3, -0.25) is 24.7 Å². The molecular formula is C15H27N5O3. The number of amides is 4. The van der Waals surface area contributed by atoms with E-state index in [-0.39, 0.29) is 11.8 Å². The van der Waals surface area contributed by atoms with E-state index in [0.29, 0.717) is 19.6 Å². The minimum atomic E-state index is -0.826. The van der Waals surface area contributed by atoms with Crippen molar-refractivity contribution in [1.29, 1.82) is 0 Å². The molecule has 2 rings (SSSR count). The maximum Gasteiger partial charge on any atom is 0.318 e. The third-order valence-corrected chi connectivity index (χ3v) is 4.65. The number of nitrogens with two attached hydrogens (primary N) is 1. The molecule has 0 aliphatic carbocycles. The fourth-order valence-corrected chi connectivity index (χ4v) is 3.14. The van der Waals surface area contributed by atoms with Crippen LogP contribution in [0.25, 0.3) is 0 Å². The topological polar surface area (TPSA) is 99.0 Å². The molecule has 0 unspecified atom stereocenters. The summed E-state index contributed by atoms with van der Waals surface area (Å²) in [6.07, 6.45) is 3.42. The highest BCUT2D eigenvalue weighted by Gasteiger charge is 2.27. The van der Waals surface area contributed by atoms with Gasteiger partial charge in [-0.2, -0.15) is 0 Å². The lowest BCUT2D eigenvalue weighted by Gasteiger charge is -2.38. The fourth-order valence-electron chi connectivity index (χ4n) is 3.14. The van der Waals surface area contributed by atoms with Crippen molar-refractivity contribution in [2.24, 2.45) is 5.73 Å². The highest BCUT2D eigenvalue weighted by molar-refractivity contribution is 5.96. The van der Waals surface area contributed by atoms with Crippen LogP contribution >= 0.6 is 0 Å². The van der Waals surface area contributed by atoms with Crippen molar-refractivity contribution < 1.29 is 14.4 Å². The van der Waals surface area contributed by atoms with Gasteiger partial charge in [-0.25, -0.2) is 4.79 Å². The minimum absolute atomic E-state index is 0.206. The first kappa shape index (κ1) is 17.7. The third-order valence-electron chi connectivity index (χ3n) is 4.65. The number of carbonyl (C=O) groups excluding carboxylic acids is 3. The van der Waals surface area contributed by atoms with E-state index in [9.17, 15) is 14.4 Å². The standard InChI is InChI=1S/C15H27N5O3/c1-12(14(22)17-15(16)23)19-9-7-18(8-10-19)11-13(21)20-5-3-2-4-6-20/h12H,2-11H2,1H3,(H3,16,17,22,23)/t12-/m0/s1. The first-order valence-electron chi connectivity index (χ1n) is 8.32. The number of hydrogen-bond acceptors (Lipinski definition) is 5. The van der Waals surface area contributed by atoms with Gasteiger partial charge in [0.1, 0.15) is 0 Å². The van der Waals surface area contributed by atoms with Gasteiger partial charge in [-0.1, -0.05) is 0 Å². The van der Waals surface area contributed by atoms with Crippen molar-refractivity contribution >= 4 is 17.8 Å². The minimum Gasteiger partial charge on any atom is -0.351 e. The van der Waals surface area contributed by atoms with E-state index >= 15 is 0 Å². The average Bonchev–Trinajstić information content (AvgIpc) is 2.55. The van der Waals surface area contributed by atoms with Crippen molar-refractivity contribution in [3.8, 4) is 0 Å². The molecule has 8 heteroatoms. The monoisotopic (exact) mass is 325 g/mol. The number of imide groups is 1. The highest BCUT2D eigenvalue weighted by Crippen LogP contribution is 2.11. The Bertz CT molecular complexity index is 442. The van der Waals surface area contributed by atoms with Gasteiger partial charge in [0.15, 0.2) is 0 Å². The molecule has 0 aromatic heterocycles. The highest BCUT2D eigenvalue weighted by atomic mass is 16.2. The molecule has 0 radical (unpaired) electrons. The number of rotatable bonds is 4. The molecule has 130 valence electrons. The molecule has 3 N–H and O–H groups in total. The summed E-state index contributed by atoms with van der Waals surface area (Å²) in [6, 6.07) is -1.23. The van der Waals surface area contributed by atoms with Crippen molar-refractivity contribution in [3.05, 3.63) is 0 Å². The molecule has 1 atom stereocenters. The molecule has 0 bridgehead atoms. The lowest BCUT2D eigenvalue weighted by Crippen LogP contribution is -2.56. The van der Waals surface area contributed by atoms with E-state index < -0.39 is 12.1 Å². The number of primary amides is 1. The van der Waals surface area contributed by atoms with Crippen LogP contribution in [0, 0.1) is 0 Å². The van der Waals surface area contributed by atoms with E-state index in [0.717, 1.165) is 39.0 Å². The number of nitrogens with one attached hydrogen (secondary N) is 1. The normalized spacial score (nSPS) is 21.7. The number of urea groups is 1. The summed E-state index contributed by atoms with van der Waals surface area (Å²) in [5.74, 6) is -0.173. The first-order valence-corrected chi connectivity index (χ1v) is 8.32. The van der Waals surface area contributed by atoms with Crippen LogP contribution in [-0.4, -0.2) is 84.4 Å². The Labute approximate surface area is 136 Å². The van der Waals surface area contributed by atoms with Crippen LogP contribution in [0.4, 0.5) is 4.79 Å². The van der Waals surface area contributed by atoms with E-state index in [1.165, 1.54) is 6.42 Å². The Balaban J connectivity index is 1.73. The van der Waals surface area contributed by atoms with E-state index in [2.05, 4.69) is 10.2 Å². The Hall–Kier alpha value is -1.67. The average molecular weight is 325 g/mol. The van der Waals surface area contributed by atoms with Crippen molar-refractivity contribution in [2.45, 2.75) is 32.2 Å². The smallest absolute Gasteiger partial charge is 0.318 e. The zero-order valence-corrected chi connectivity index (χ0v) is 13.8. The molecule has 2 heterocycles. The molecule has 2 fully saturated rings. The van der Waals surface area contributed by atoms with E-state index in [4.69, 9.17) is 5.73 Å². The lowest BCUT2D eigenvalue weighted by molar-refractivity contribution is -0.134.